The molecule has 0 unspecified atom stereocenters. The van der Waals surface area contributed by atoms with E-state index in [0.717, 1.165) is 29.9 Å². The van der Waals surface area contributed by atoms with E-state index in [4.69, 9.17) is 4.74 Å². The van der Waals surface area contributed by atoms with Gasteiger partial charge in [-0.15, -0.1) is 0 Å². The summed E-state index contributed by atoms with van der Waals surface area (Å²) in [5, 5.41) is 10.1. The van der Waals surface area contributed by atoms with Gasteiger partial charge in [0, 0.05) is 19.2 Å². The molecule has 0 radical (unpaired) electrons. The topological polar surface area (TPSA) is 59.0 Å². The van der Waals surface area contributed by atoms with Gasteiger partial charge in [0.05, 0.1) is 26.0 Å². The highest BCUT2D eigenvalue weighted by Gasteiger charge is 2.18. The highest BCUT2D eigenvalue weighted by atomic mass is 16.5. The van der Waals surface area contributed by atoms with Crippen LogP contribution in [0, 0.1) is 6.92 Å². The Bertz CT molecular complexity index is 519. The number of nitrogens with zero attached hydrogens (tertiary/aromatic N) is 1. The molecular formula is C15H19NO4. The normalized spacial score (nSPS) is 15.6. The van der Waals surface area contributed by atoms with Crippen molar-refractivity contribution in [3.63, 3.8) is 0 Å². The summed E-state index contributed by atoms with van der Waals surface area (Å²) in [4.78, 5) is 13.3. The molecule has 1 heterocycles. The Labute approximate surface area is 118 Å². The third-order valence-corrected chi connectivity index (χ3v) is 3.38. The lowest BCUT2D eigenvalue weighted by Crippen LogP contribution is -2.36. The van der Waals surface area contributed by atoms with Crippen LogP contribution in [0.25, 0.3) is 6.08 Å². The van der Waals surface area contributed by atoms with Gasteiger partial charge < -0.3 is 19.5 Å². The van der Waals surface area contributed by atoms with E-state index in [1.807, 2.05) is 6.92 Å². The first-order valence-electron chi connectivity index (χ1n) is 6.54. The zero-order valence-electron chi connectivity index (χ0n) is 11.8. The average molecular weight is 277 g/mol. The molecule has 1 N–H and O–H groups in total. The molecule has 0 spiro atoms. The minimum absolute atomic E-state index is 0.250. The van der Waals surface area contributed by atoms with E-state index in [-0.39, 0.29) is 5.75 Å². The maximum atomic E-state index is 11.2. The van der Waals surface area contributed by atoms with Crippen LogP contribution in [0.1, 0.15) is 11.1 Å². The first-order chi connectivity index (χ1) is 9.63. The molecule has 1 fully saturated rings. The molecule has 2 rings (SSSR count). The molecule has 5 nitrogen and oxygen atoms in total. The highest BCUT2D eigenvalue weighted by Crippen LogP contribution is 2.34. The van der Waals surface area contributed by atoms with Crippen LogP contribution in [-0.4, -0.2) is 44.5 Å². The number of carbonyl (C=O) groups is 1. The van der Waals surface area contributed by atoms with Crippen molar-refractivity contribution in [2.45, 2.75) is 6.92 Å². The maximum absolute atomic E-state index is 11.2. The summed E-state index contributed by atoms with van der Waals surface area (Å²) in [5.41, 5.74) is 2.63. The Balaban J connectivity index is 2.31. The Morgan fingerprint density at radius 2 is 2.10 bits per heavy atom. The van der Waals surface area contributed by atoms with Crippen LogP contribution in [0.15, 0.2) is 18.2 Å². The fourth-order valence-corrected chi connectivity index (χ4v) is 2.29. The van der Waals surface area contributed by atoms with Crippen molar-refractivity contribution in [2.24, 2.45) is 0 Å². The van der Waals surface area contributed by atoms with Crippen LogP contribution in [0.4, 0.5) is 5.69 Å². The number of methoxy groups -OCH3 is 1. The maximum Gasteiger partial charge on any atom is 0.330 e. The van der Waals surface area contributed by atoms with Gasteiger partial charge in [-0.25, -0.2) is 4.79 Å². The molecule has 1 aliphatic rings. The second-order valence-electron chi connectivity index (χ2n) is 4.60. The van der Waals surface area contributed by atoms with Gasteiger partial charge in [0.15, 0.2) is 0 Å². The quantitative estimate of drug-likeness (QED) is 0.673. The number of esters is 1. The molecule has 1 aromatic carbocycles. The van der Waals surface area contributed by atoms with E-state index in [1.54, 1.807) is 18.2 Å². The molecule has 0 atom stereocenters. The number of morpholine rings is 1. The number of phenolic OH excluding ortho intramolecular Hbond substituents is 1. The number of phenols is 1. The third kappa shape index (κ3) is 3.11. The third-order valence-electron chi connectivity index (χ3n) is 3.38. The Morgan fingerprint density at radius 1 is 1.40 bits per heavy atom. The van der Waals surface area contributed by atoms with Crippen LogP contribution >= 0.6 is 0 Å². The number of ether oxygens (including phenoxy) is 2. The molecule has 1 aromatic rings. The number of carbonyl (C=O) groups excluding carboxylic acids is 1. The first kappa shape index (κ1) is 14.4. The minimum atomic E-state index is -0.398. The Morgan fingerprint density at radius 3 is 2.75 bits per heavy atom. The van der Waals surface area contributed by atoms with Gasteiger partial charge in [-0.1, -0.05) is 6.07 Å². The van der Waals surface area contributed by atoms with Crippen LogP contribution in [0.3, 0.4) is 0 Å². The lowest BCUT2D eigenvalue weighted by Gasteiger charge is -2.31. The highest BCUT2D eigenvalue weighted by molar-refractivity contribution is 5.88. The lowest BCUT2D eigenvalue weighted by molar-refractivity contribution is -0.134. The number of anilines is 1. The molecule has 108 valence electrons. The minimum Gasteiger partial charge on any atom is -0.506 e. The summed E-state index contributed by atoms with van der Waals surface area (Å²) in [7, 11) is 1.34. The second-order valence-corrected chi connectivity index (χ2v) is 4.60. The van der Waals surface area contributed by atoms with Gasteiger partial charge in [-0.2, -0.15) is 0 Å². The van der Waals surface area contributed by atoms with Gasteiger partial charge in [-0.05, 0) is 30.2 Å². The van der Waals surface area contributed by atoms with Crippen molar-refractivity contribution in [3.8, 4) is 5.75 Å². The van der Waals surface area contributed by atoms with E-state index < -0.39 is 5.97 Å². The van der Waals surface area contributed by atoms with Gasteiger partial charge in [-0.3, -0.25) is 0 Å². The van der Waals surface area contributed by atoms with Gasteiger partial charge >= 0.3 is 5.97 Å². The molecule has 0 aliphatic carbocycles. The smallest absolute Gasteiger partial charge is 0.330 e. The van der Waals surface area contributed by atoms with Crippen molar-refractivity contribution in [1.29, 1.82) is 0 Å². The molecule has 0 amide bonds. The van der Waals surface area contributed by atoms with Gasteiger partial charge in [0.1, 0.15) is 5.75 Å². The van der Waals surface area contributed by atoms with Crippen molar-refractivity contribution < 1.29 is 19.4 Å². The zero-order chi connectivity index (χ0) is 14.5. The van der Waals surface area contributed by atoms with E-state index in [0.29, 0.717) is 13.2 Å². The van der Waals surface area contributed by atoms with Crippen molar-refractivity contribution in [1.82, 2.24) is 0 Å². The van der Waals surface area contributed by atoms with Gasteiger partial charge in [0.25, 0.3) is 0 Å². The predicted molar refractivity (Wildman–Crippen MR) is 76.9 cm³/mol. The van der Waals surface area contributed by atoms with Gasteiger partial charge in [0.2, 0.25) is 0 Å². The standard InChI is InChI=1S/C15H19NO4/c1-11-12(4-6-14(18)19-2)3-5-13(17)15(11)16-7-9-20-10-8-16/h3-6,17H,7-10H2,1-2H3. The number of hydrogen-bond donors (Lipinski definition) is 1. The monoisotopic (exact) mass is 277 g/mol. The van der Waals surface area contributed by atoms with Crippen molar-refractivity contribution in [3.05, 3.63) is 29.3 Å². The molecule has 1 aliphatic heterocycles. The Kier molecular flexibility index (Phi) is 4.63. The summed E-state index contributed by atoms with van der Waals surface area (Å²) in [6.07, 6.45) is 3.08. The summed E-state index contributed by atoms with van der Waals surface area (Å²) in [6, 6.07) is 3.43. The summed E-state index contributed by atoms with van der Waals surface area (Å²) in [6.45, 7) is 4.74. The van der Waals surface area contributed by atoms with E-state index in [9.17, 15) is 9.90 Å². The van der Waals surface area contributed by atoms with E-state index in [1.165, 1.54) is 13.2 Å². The van der Waals surface area contributed by atoms with Crippen LogP contribution < -0.4 is 4.90 Å². The molecular weight excluding hydrogens is 258 g/mol. The summed E-state index contributed by atoms with van der Waals surface area (Å²) >= 11 is 0. The average Bonchev–Trinajstić information content (AvgIpc) is 2.47. The van der Waals surface area contributed by atoms with Crippen LogP contribution in [0.2, 0.25) is 0 Å². The predicted octanol–water partition coefficient (Wildman–Crippen LogP) is 1.72. The first-order valence-corrected chi connectivity index (χ1v) is 6.54. The molecule has 0 aromatic heterocycles. The molecule has 1 saturated heterocycles. The van der Waals surface area contributed by atoms with E-state index in [2.05, 4.69) is 9.64 Å². The molecule has 0 bridgehead atoms. The molecule has 5 heteroatoms. The molecule has 0 saturated carbocycles. The lowest BCUT2D eigenvalue weighted by atomic mass is 10.0. The summed E-state index contributed by atoms with van der Waals surface area (Å²) < 4.78 is 9.91. The number of hydrogen-bond acceptors (Lipinski definition) is 5. The number of benzene rings is 1. The Hall–Kier alpha value is -2.01. The molecule has 20 heavy (non-hydrogen) atoms. The van der Waals surface area contributed by atoms with Crippen LogP contribution in [-0.2, 0) is 14.3 Å². The fraction of sp³-hybridized carbons (Fsp3) is 0.400. The number of rotatable bonds is 3. The SMILES string of the molecule is COC(=O)C=Cc1ccc(O)c(N2CCOCC2)c1C. The second kappa shape index (κ2) is 6.43. The van der Waals surface area contributed by atoms with Crippen molar-refractivity contribution in [2.75, 3.05) is 38.3 Å². The van der Waals surface area contributed by atoms with E-state index >= 15 is 0 Å². The number of aromatic hydroxyl groups is 1. The van der Waals surface area contributed by atoms with Crippen molar-refractivity contribution >= 4 is 17.7 Å². The summed E-state index contributed by atoms with van der Waals surface area (Å²) in [5.74, 6) is -0.148. The fourth-order valence-electron chi connectivity index (χ4n) is 2.29. The van der Waals surface area contributed by atoms with Crippen LogP contribution in [0.5, 0.6) is 5.75 Å². The zero-order valence-corrected chi connectivity index (χ0v) is 11.8. The largest absolute Gasteiger partial charge is 0.506 e.